The number of allylic oxidation sites excluding steroid dienone is 1. The summed E-state index contributed by atoms with van der Waals surface area (Å²) in [6.07, 6.45) is 5.01. The van der Waals surface area contributed by atoms with Crippen LogP contribution in [0.4, 0.5) is 11.6 Å². The molecule has 0 atom stereocenters. The lowest BCUT2D eigenvalue weighted by molar-refractivity contribution is -0.124. The third kappa shape index (κ3) is 3.73. The van der Waals surface area contributed by atoms with E-state index in [0.29, 0.717) is 35.9 Å². The van der Waals surface area contributed by atoms with E-state index in [4.69, 9.17) is 9.97 Å². The summed E-state index contributed by atoms with van der Waals surface area (Å²) < 4.78 is 3.31. The van der Waals surface area contributed by atoms with E-state index in [1.54, 1.807) is 21.6 Å². The SMILES string of the molecule is C=CCn1c(=O)c2cnc(Nc3ccc4c(c3)CNC(=O)C43CC3)nc2n1-c1cccc(C(C)(C)C)n1. The predicted octanol–water partition coefficient (Wildman–Crippen LogP) is 3.87. The number of pyridine rings is 1. The van der Waals surface area contributed by atoms with Crippen LogP contribution in [0.2, 0.25) is 0 Å². The van der Waals surface area contributed by atoms with Crippen molar-refractivity contribution in [2.24, 2.45) is 0 Å². The largest absolute Gasteiger partial charge is 0.351 e. The maximum Gasteiger partial charge on any atom is 0.278 e. The summed E-state index contributed by atoms with van der Waals surface area (Å²) in [5.41, 5.74) is 3.69. The highest BCUT2D eigenvalue weighted by Crippen LogP contribution is 2.51. The zero-order valence-electron chi connectivity index (χ0n) is 21.2. The first-order chi connectivity index (χ1) is 17.7. The van der Waals surface area contributed by atoms with Crippen molar-refractivity contribution in [3.05, 3.63) is 82.4 Å². The number of fused-ring (bicyclic) bond motifs is 3. The van der Waals surface area contributed by atoms with Gasteiger partial charge in [-0.2, -0.15) is 4.98 Å². The minimum absolute atomic E-state index is 0.126. The molecule has 6 rings (SSSR count). The highest BCUT2D eigenvalue weighted by molar-refractivity contribution is 5.93. The third-order valence-corrected chi connectivity index (χ3v) is 7.20. The Kier molecular flexibility index (Phi) is 5.08. The van der Waals surface area contributed by atoms with Gasteiger partial charge in [0.1, 0.15) is 5.39 Å². The lowest BCUT2D eigenvalue weighted by Gasteiger charge is -2.25. The van der Waals surface area contributed by atoms with Gasteiger partial charge in [0.2, 0.25) is 11.9 Å². The van der Waals surface area contributed by atoms with Gasteiger partial charge in [-0.05, 0) is 48.2 Å². The van der Waals surface area contributed by atoms with Crippen LogP contribution in [0.5, 0.6) is 0 Å². The van der Waals surface area contributed by atoms with Crippen molar-refractivity contribution in [1.82, 2.24) is 29.6 Å². The van der Waals surface area contributed by atoms with Crippen LogP contribution < -0.4 is 16.2 Å². The summed E-state index contributed by atoms with van der Waals surface area (Å²) >= 11 is 0. The molecule has 0 bridgehead atoms. The molecule has 0 radical (unpaired) electrons. The molecule has 3 aromatic heterocycles. The molecular weight excluding hydrogens is 466 g/mol. The molecule has 2 N–H and O–H groups in total. The summed E-state index contributed by atoms with van der Waals surface area (Å²) in [5.74, 6) is 1.09. The van der Waals surface area contributed by atoms with E-state index in [1.165, 1.54) is 0 Å². The lowest BCUT2D eigenvalue weighted by atomic mass is 9.87. The summed E-state index contributed by atoms with van der Waals surface area (Å²) in [7, 11) is 0. The number of nitrogens with zero attached hydrogens (tertiary/aromatic N) is 5. The van der Waals surface area contributed by atoms with Gasteiger partial charge in [-0.15, -0.1) is 6.58 Å². The number of rotatable bonds is 5. The molecule has 188 valence electrons. The summed E-state index contributed by atoms with van der Waals surface area (Å²) in [4.78, 5) is 39.6. The number of hydrogen-bond acceptors (Lipinski definition) is 6. The van der Waals surface area contributed by atoms with Crippen molar-refractivity contribution in [3.63, 3.8) is 0 Å². The fourth-order valence-electron chi connectivity index (χ4n) is 5.07. The standard InChI is InChI=1S/C28H29N7O2/c1-5-13-34-24(36)19-16-30-26(33-23(19)35(34)22-8-6-7-21(32-22)27(2,3)4)31-18-9-10-20-17(14-18)15-29-25(37)28(20)11-12-28/h5-10,14,16H,1,11-13,15H2,2-4H3,(H,29,37)(H,30,31,33). The van der Waals surface area contributed by atoms with Crippen molar-refractivity contribution in [1.29, 1.82) is 0 Å². The Hall–Kier alpha value is -4.27. The van der Waals surface area contributed by atoms with E-state index < -0.39 is 0 Å². The molecule has 1 spiro atoms. The maximum atomic E-state index is 13.2. The molecule has 1 aromatic carbocycles. The van der Waals surface area contributed by atoms with Crippen LogP contribution in [0, 0.1) is 0 Å². The average molecular weight is 496 g/mol. The van der Waals surface area contributed by atoms with Crippen LogP contribution in [0.1, 0.15) is 50.4 Å². The Morgan fingerprint density at radius 2 is 1.97 bits per heavy atom. The number of carbonyl (C=O) groups excluding carboxylic acids is 1. The van der Waals surface area contributed by atoms with Crippen LogP contribution in [0.15, 0.2) is 60.0 Å². The van der Waals surface area contributed by atoms with Crippen LogP contribution in [0.3, 0.4) is 0 Å². The Balaban J connectivity index is 1.43. The number of anilines is 2. The maximum absolute atomic E-state index is 13.2. The Morgan fingerprint density at radius 3 is 2.70 bits per heavy atom. The van der Waals surface area contributed by atoms with E-state index in [1.807, 2.05) is 36.4 Å². The van der Waals surface area contributed by atoms with Crippen molar-refractivity contribution in [2.45, 2.75) is 57.5 Å². The highest BCUT2D eigenvalue weighted by atomic mass is 16.2. The molecule has 9 nitrogen and oxygen atoms in total. The van der Waals surface area contributed by atoms with E-state index in [-0.39, 0.29) is 22.3 Å². The molecule has 1 fully saturated rings. The zero-order valence-corrected chi connectivity index (χ0v) is 21.2. The first kappa shape index (κ1) is 23.1. The van der Waals surface area contributed by atoms with E-state index in [0.717, 1.165) is 35.3 Å². The van der Waals surface area contributed by atoms with Gasteiger partial charge in [0.05, 0.1) is 12.0 Å². The fourth-order valence-corrected chi connectivity index (χ4v) is 5.07. The molecule has 1 saturated carbocycles. The fraction of sp³-hybridized carbons (Fsp3) is 0.321. The molecule has 9 heteroatoms. The van der Waals surface area contributed by atoms with Gasteiger partial charge in [-0.3, -0.25) is 9.59 Å². The lowest BCUT2D eigenvalue weighted by Crippen LogP contribution is -2.39. The van der Waals surface area contributed by atoms with Gasteiger partial charge in [0, 0.05) is 29.5 Å². The quantitative estimate of drug-likeness (QED) is 0.407. The first-order valence-electron chi connectivity index (χ1n) is 12.5. The molecule has 37 heavy (non-hydrogen) atoms. The molecule has 4 aromatic rings. The molecule has 4 heterocycles. The van der Waals surface area contributed by atoms with Gasteiger partial charge >= 0.3 is 0 Å². The molecule has 1 aliphatic carbocycles. The normalized spacial score (nSPS) is 15.9. The molecule has 1 amide bonds. The zero-order chi connectivity index (χ0) is 25.9. The van der Waals surface area contributed by atoms with Crippen molar-refractivity contribution < 1.29 is 4.79 Å². The smallest absolute Gasteiger partial charge is 0.278 e. The molecular formula is C28H29N7O2. The number of nitrogens with one attached hydrogen (secondary N) is 2. The molecule has 1 aliphatic heterocycles. The van der Waals surface area contributed by atoms with Crippen LogP contribution in [0.25, 0.3) is 16.9 Å². The minimum atomic E-state index is -0.347. The number of benzene rings is 1. The molecule has 2 aliphatic rings. The second-order valence-electron chi connectivity index (χ2n) is 10.8. The van der Waals surface area contributed by atoms with Gasteiger partial charge in [-0.1, -0.05) is 39.0 Å². The van der Waals surface area contributed by atoms with Gasteiger partial charge in [-0.25, -0.2) is 19.3 Å². The van der Waals surface area contributed by atoms with E-state index in [9.17, 15) is 9.59 Å². The summed E-state index contributed by atoms with van der Waals surface area (Å²) in [6, 6.07) is 11.8. The number of amides is 1. The van der Waals surface area contributed by atoms with Crippen molar-refractivity contribution in [2.75, 3.05) is 5.32 Å². The van der Waals surface area contributed by atoms with Gasteiger partial charge < -0.3 is 10.6 Å². The topological polar surface area (TPSA) is 107 Å². The van der Waals surface area contributed by atoms with E-state index >= 15 is 0 Å². The highest BCUT2D eigenvalue weighted by Gasteiger charge is 2.53. The Morgan fingerprint density at radius 1 is 1.16 bits per heavy atom. The second-order valence-corrected chi connectivity index (χ2v) is 10.8. The van der Waals surface area contributed by atoms with Gasteiger partial charge in [0.15, 0.2) is 11.5 Å². The van der Waals surface area contributed by atoms with Gasteiger partial charge in [0.25, 0.3) is 5.56 Å². The monoisotopic (exact) mass is 495 g/mol. The number of aromatic nitrogens is 5. The predicted molar refractivity (Wildman–Crippen MR) is 142 cm³/mol. The molecule has 0 saturated heterocycles. The number of carbonyl (C=O) groups is 1. The van der Waals surface area contributed by atoms with E-state index in [2.05, 4.69) is 43.0 Å². The minimum Gasteiger partial charge on any atom is -0.351 e. The van der Waals surface area contributed by atoms with Crippen molar-refractivity contribution in [3.8, 4) is 5.82 Å². The Labute approximate surface area is 214 Å². The first-order valence-corrected chi connectivity index (χ1v) is 12.5. The van der Waals surface area contributed by atoms with Crippen LogP contribution in [-0.4, -0.2) is 30.2 Å². The molecule has 0 unspecified atom stereocenters. The average Bonchev–Trinajstić information content (AvgIpc) is 3.62. The number of hydrogen-bond donors (Lipinski definition) is 2. The van der Waals surface area contributed by atoms with Crippen LogP contribution in [-0.2, 0) is 28.7 Å². The third-order valence-electron chi connectivity index (χ3n) is 7.20. The summed E-state index contributed by atoms with van der Waals surface area (Å²) in [5, 5.41) is 6.70. The second kappa shape index (κ2) is 8.12. The van der Waals surface area contributed by atoms with Crippen molar-refractivity contribution >= 4 is 28.6 Å². The van der Waals surface area contributed by atoms with Crippen LogP contribution >= 0.6 is 0 Å². The Bertz CT molecular complexity index is 1640. The summed E-state index contributed by atoms with van der Waals surface area (Å²) in [6.45, 7) is 10.9.